The minimum Gasteiger partial charge on any atom is -0.493 e. The monoisotopic (exact) mass is 295 g/mol. The minimum absolute atomic E-state index is 0.537. The highest BCUT2D eigenvalue weighted by atomic mass is 16.5. The van der Waals surface area contributed by atoms with Gasteiger partial charge in [-0.05, 0) is 36.6 Å². The summed E-state index contributed by atoms with van der Waals surface area (Å²) in [7, 11) is 1.66. The number of hydrogen-bond donors (Lipinski definition) is 1. The molecule has 0 fully saturated rings. The maximum Gasteiger partial charge on any atom is 0.161 e. The standard InChI is InChI=1S/C17H29NO3/c1-5-8-18-12-15-6-7-16(19-4)17(11-15)21-10-9-20-13-14(2)3/h6-7,11,14,18H,5,8-10,12-13H2,1-4H3. The largest absolute Gasteiger partial charge is 0.493 e. The summed E-state index contributed by atoms with van der Waals surface area (Å²) in [5, 5.41) is 3.38. The van der Waals surface area contributed by atoms with Gasteiger partial charge in [0.15, 0.2) is 11.5 Å². The first-order chi connectivity index (χ1) is 10.2. The minimum atomic E-state index is 0.537. The fraction of sp³-hybridized carbons (Fsp3) is 0.647. The van der Waals surface area contributed by atoms with Crippen molar-refractivity contribution in [2.24, 2.45) is 5.92 Å². The molecule has 0 aliphatic carbocycles. The molecule has 0 spiro atoms. The first-order valence-corrected chi connectivity index (χ1v) is 7.75. The lowest BCUT2D eigenvalue weighted by Gasteiger charge is -2.13. The smallest absolute Gasteiger partial charge is 0.161 e. The van der Waals surface area contributed by atoms with Gasteiger partial charge in [0, 0.05) is 13.2 Å². The SMILES string of the molecule is CCCNCc1ccc(OC)c(OCCOCC(C)C)c1. The van der Waals surface area contributed by atoms with Crippen LogP contribution in [0.4, 0.5) is 0 Å². The van der Waals surface area contributed by atoms with E-state index in [0.717, 1.165) is 37.6 Å². The average Bonchev–Trinajstić information content (AvgIpc) is 2.47. The fourth-order valence-corrected chi connectivity index (χ4v) is 1.88. The number of nitrogens with one attached hydrogen (secondary N) is 1. The van der Waals surface area contributed by atoms with E-state index in [2.05, 4.69) is 32.2 Å². The van der Waals surface area contributed by atoms with Crippen molar-refractivity contribution < 1.29 is 14.2 Å². The van der Waals surface area contributed by atoms with E-state index in [1.165, 1.54) is 5.56 Å². The molecule has 0 unspecified atom stereocenters. The van der Waals surface area contributed by atoms with Gasteiger partial charge in [-0.15, -0.1) is 0 Å². The van der Waals surface area contributed by atoms with Crippen molar-refractivity contribution in [2.75, 3.05) is 33.5 Å². The van der Waals surface area contributed by atoms with Gasteiger partial charge in [0.2, 0.25) is 0 Å². The van der Waals surface area contributed by atoms with E-state index >= 15 is 0 Å². The molecule has 0 aromatic heterocycles. The van der Waals surface area contributed by atoms with Crippen LogP contribution in [0.15, 0.2) is 18.2 Å². The fourth-order valence-electron chi connectivity index (χ4n) is 1.88. The van der Waals surface area contributed by atoms with Crippen molar-refractivity contribution in [2.45, 2.75) is 33.7 Å². The maximum absolute atomic E-state index is 5.78. The zero-order chi connectivity index (χ0) is 15.5. The molecule has 21 heavy (non-hydrogen) atoms. The Kier molecular flexibility index (Phi) is 8.87. The second-order valence-electron chi connectivity index (χ2n) is 5.48. The molecule has 0 aliphatic heterocycles. The zero-order valence-corrected chi connectivity index (χ0v) is 13.8. The Morgan fingerprint density at radius 1 is 1.14 bits per heavy atom. The normalized spacial score (nSPS) is 10.9. The van der Waals surface area contributed by atoms with E-state index in [0.29, 0.717) is 19.1 Å². The van der Waals surface area contributed by atoms with Gasteiger partial charge in [0.1, 0.15) is 6.61 Å². The van der Waals surface area contributed by atoms with Gasteiger partial charge in [-0.1, -0.05) is 26.8 Å². The van der Waals surface area contributed by atoms with Crippen LogP contribution in [0.5, 0.6) is 11.5 Å². The first kappa shape index (κ1) is 17.8. The molecule has 1 aromatic carbocycles. The first-order valence-electron chi connectivity index (χ1n) is 7.75. The van der Waals surface area contributed by atoms with Gasteiger partial charge in [-0.25, -0.2) is 0 Å². The Hall–Kier alpha value is -1.26. The third-order valence-corrected chi connectivity index (χ3v) is 2.92. The molecule has 0 heterocycles. The van der Waals surface area contributed by atoms with Crippen molar-refractivity contribution in [3.05, 3.63) is 23.8 Å². The summed E-state index contributed by atoms with van der Waals surface area (Å²) in [5.41, 5.74) is 1.20. The highest BCUT2D eigenvalue weighted by Gasteiger charge is 2.06. The van der Waals surface area contributed by atoms with Gasteiger partial charge in [-0.2, -0.15) is 0 Å². The van der Waals surface area contributed by atoms with Crippen LogP contribution in [0, 0.1) is 5.92 Å². The van der Waals surface area contributed by atoms with E-state index in [1.54, 1.807) is 7.11 Å². The second kappa shape index (κ2) is 10.5. The zero-order valence-electron chi connectivity index (χ0n) is 13.8. The summed E-state index contributed by atoms with van der Waals surface area (Å²) in [6, 6.07) is 6.04. The summed E-state index contributed by atoms with van der Waals surface area (Å²) < 4.78 is 16.6. The maximum atomic E-state index is 5.78. The quantitative estimate of drug-likeness (QED) is 0.636. The Morgan fingerprint density at radius 2 is 1.95 bits per heavy atom. The highest BCUT2D eigenvalue weighted by molar-refractivity contribution is 5.42. The van der Waals surface area contributed by atoms with Crippen LogP contribution in [0.1, 0.15) is 32.8 Å². The third-order valence-electron chi connectivity index (χ3n) is 2.92. The van der Waals surface area contributed by atoms with Crippen molar-refractivity contribution in [3.63, 3.8) is 0 Å². The summed E-state index contributed by atoms with van der Waals surface area (Å²) in [6.45, 7) is 10.2. The molecule has 4 heteroatoms. The van der Waals surface area contributed by atoms with Gasteiger partial charge >= 0.3 is 0 Å². The van der Waals surface area contributed by atoms with Crippen molar-refractivity contribution in [3.8, 4) is 11.5 Å². The van der Waals surface area contributed by atoms with Crippen molar-refractivity contribution >= 4 is 0 Å². The predicted octanol–water partition coefficient (Wildman–Crippen LogP) is 3.25. The number of hydrogen-bond acceptors (Lipinski definition) is 4. The number of ether oxygens (including phenoxy) is 3. The topological polar surface area (TPSA) is 39.7 Å². The summed E-state index contributed by atoms with van der Waals surface area (Å²) in [5.74, 6) is 2.09. The molecule has 0 atom stereocenters. The van der Waals surface area contributed by atoms with E-state index < -0.39 is 0 Å². The summed E-state index contributed by atoms with van der Waals surface area (Å²) >= 11 is 0. The second-order valence-corrected chi connectivity index (χ2v) is 5.48. The molecule has 0 aliphatic rings. The van der Waals surface area contributed by atoms with Crippen LogP contribution in [0.25, 0.3) is 0 Å². The van der Waals surface area contributed by atoms with Crippen LogP contribution in [-0.2, 0) is 11.3 Å². The molecule has 1 N–H and O–H groups in total. The van der Waals surface area contributed by atoms with Gasteiger partial charge < -0.3 is 19.5 Å². The summed E-state index contributed by atoms with van der Waals surface area (Å²) in [6.07, 6.45) is 1.13. The molecular formula is C17H29NO3. The van der Waals surface area contributed by atoms with Crippen LogP contribution in [-0.4, -0.2) is 33.5 Å². The Morgan fingerprint density at radius 3 is 2.62 bits per heavy atom. The molecule has 120 valence electrons. The predicted molar refractivity (Wildman–Crippen MR) is 86.1 cm³/mol. The van der Waals surface area contributed by atoms with Gasteiger partial charge in [-0.3, -0.25) is 0 Å². The number of rotatable bonds is 11. The molecule has 0 saturated heterocycles. The Bertz CT molecular complexity index is 394. The van der Waals surface area contributed by atoms with E-state index in [-0.39, 0.29) is 0 Å². The van der Waals surface area contributed by atoms with E-state index in [4.69, 9.17) is 14.2 Å². The Balaban J connectivity index is 2.47. The molecule has 1 aromatic rings. The van der Waals surface area contributed by atoms with Crippen LogP contribution < -0.4 is 14.8 Å². The molecule has 0 bridgehead atoms. The van der Waals surface area contributed by atoms with Crippen LogP contribution >= 0.6 is 0 Å². The third kappa shape index (κ3) is 7.34. The highest BCUT2D eigenvalue weighted by Crippen LogP contribution is 2.28. The Labute approximate surface area is 128 Å². The lowest BCUT2D eigenvalue weighted by atomic mass is 10.2. The molecule has 0 radical (unpaired) electrons. The summed E-state index contributed by atoms with van der Waals surface area (Å²) in [4.78, 5) is 0. The molecule has 4 nitrogen and oxygen atoms in total. The van der Waals surface area contributed by atoms with Crippen molar-refractivity contribution in [1.82, 2.24) is 5.32 Å². The van der Waals surface area contributed by atoms with Gasteiger partial charge in [0.25, 0.3) is 0 Å². The van der Waals surface area contributed by atoms with Crippen LogP contribution in [0.3, 0.4) is 0 Å². The van der Waals surface area contributed by atoms with Crippen molar-refractivity contribution in [1.29, 1.82) is 0 Å². The average molecular weight is 295 g/mol. The number of methoxy groups -OCH3 is 1. The van der Waals surface area contributed by atoms with Crippen LogP contribution in [0.2, 0.25) is 0 Å². The molecular weight excluding hydrogens is 266 g/mol. The lowest BCUT2D eigenvalue weighted by Crippen LogP contribution is -2.14. The molecule has 0 amide bonds. The molecule has 0 saturated carbocycles. The van der Waals surface area contributed by atoms with E-state index in [9.17, 15) is 0 Å². The molecule has 1 rings (SSSR count). The number of benzene rings is 1. The lowest BCUT2D eigenvalue weighted by molar-refractivity contribution is 0.0810. The van der Waals surface area contributed by atoms with E-state index in [1.807, 2.05) is 12.1 Å². The van der Waals surface area contributed by atoms with Gasteiger partial charge in [0.05, 0.1) is 13.7 Å².